The van der Waals surface area contributed by atoms with E-state index >= 15 is 0 Å². The first-order valence-corrected chi connectivity index (χ1v) is 9.78. The Morgan fingerprint density at radius 2 is 2.17 bits per heavy atom. The van der Waals surface area contributed by atoms with Crippen molar-refractivity contribution in [3.63, 3.8) is 0 Å². The van der Waals surface area contributed by atoms with E-state index in [1.165, 1.54) is 0 Å². The summed E-state index contributed by atoms with van der Waals surface area (Å²) in [6.45, 7) is 2.40. The molecule has 1 saturated heterocycles. The quantitative estimate of drug-likeness (QED) is 0.648. The number of benzene rings is 1. The minimum Gasteiger partial charge on any atom is -0.416 e. The Bertz CT molecular complexity index is 1010. The van der Waals surface area contributed by atoms with Crippen molar-refractivity contribution in [1.29, 1.82) is 0 Å². The van der Waals surface area contributed by atoms with E-state index in [1.807, 2.05) is 18.5 Å². The highest BCUT2D eigenvalue weighted by Gasteiger charge is 2.32. The number of aryl methyl sites for hydroxylation is 2. The number of hydrogen-bond donors (Lipinski definition) is 0. The van der Waals surface area contributed by atoms with Crippen molar-refractivity contribution in [2.24, 2.45) is 7.05 Å². The zero-order valence-electron chi connectivity index (χ0n) is 16.5. The third kappa shape index (κ3) is 3.90. The molecule has 9 heteroatoms. The third-order valence-electron chi connectivity index (χ3n) is 5.23. The molecule has 2 atom stereocenters. The first-order chi connectivity index (χ1) is 13.9. The molecule has 2 aromatic heterocycles. The number of nitrogens with zero attached hydrogens (tertiary/aromatic N) is 5. The van der Waals surface area contributed by atoms with Gasteiger partial charge in [-0.15, -0.1) is 10.2 Å². The number of halogens is 1. The number of rotatable bonds is 4. The van der Waals surface area contributed by atoms with Gasteiger partial charge in [0.15, 0.2) is 0 Å². The van der Waals surface area contributed by atoms with Crippen molar-refractivity contribution in [3.8, 4) is 11.6 Å². The van der Waals surface area contributed by atoms with E-state index in [1.54, 1.807) is 42.5 Å². The van der Waals surface area contributed by atoms with Crippen molar-refractivity contribution in [1.82, 2.24) is 24.6 Å². The lowest BCUT2D eigenvalue weighted by atomic mass is 10.0. The summed E-state index contributed by atoms with van der Waals surface area (Å²) in [5.74, 6) is 0.746. The van der Waals surface area contributed by atoms with Gasteiger partial charge in [0.1, 0.15) is 11.8 Å². The van der Waals surface area contributed by atoms with Crippen LogP contribution >= 0.6 is 11.6 Å². The summed E-state index contributed by atoms with van der Waals surface area (Å²) in [4.78, 5) is 18.8. The Morgan fingerprint density at radius 1 is 1.34 bits per heavy atom. The highest BCUT2D eigenvalue weighted by molar-refractivity contribution is 6.30. The van der Waals surface area contributed by atoms with Crippen molar-refractivity contribution in [3.05, 3.63) is 52.8 Å². The maximum Gasteiger partial charge on any atom is 0.266 e. The van der Waals surface area contributed by atoms with Gasteiger partial charge in [-0.05, 0) is 31.5 Å². The van der Waals surface area contributed by atoms with Gasteiger partial charge in [-0.1, -0.05) is 17.7 Å². The fourth-order valence-electron chi connectivity index (χ4n) is 3.61. The lowest BCUT2D eigenvalue weighted by Gasteiger charge is -2.34. The maximum atomic E-state index is 12.8. The zero-order chi connectivity index (χ0) is 20.5. The molecule has 3 heterocycles. The smallest absolute Gasteiger partial charge is 0.266 e. The maximum absolute atomic E-state index is 12.8. The van der Waals surface area contributed by atoms with Crippen molar-refractivity contribution >= 4 is 17.5 Å². The number of ether oxygens (including phenoxy) is 1. The molecule has 8 nitrogen and oxygen atoms in total. The summed E-state index contributed by atoms with van der Waals surface area (Å²) in [5.41, 5.74) is 2.16. The van der Waals surface area contributed by atoms with E-state index in [2.05, 4.69) is 15.2 Å². The Kier molecular flexibility index (Phi) is 5.38. The summed E-state index contributed by atoms with van der Waals surface area (Å²) >= 11 is 6.02. The average Bonchev–Trinajstić information content (AvgIpc) is 3.33. The largest absolute Gasteiger partial charge is 0.416 e. The number of carbonyl (C=O) groups is 1. The van der Waals surface area contributed by atoms with Gasteiger partial charge in [-0.2, -0.15) is 0 Å². The second-order valence-corrected chi connectivity index (χ2v) is 7.64. The van der Waals surface area contributed by atoms with Crippen LogP contribution in [0.5, 0.6) is 0 Å². The zero-order valence-corrected chi connectivity index (χ0v) is 17.3. The molecule has 0 bridgehead atoms. The van der Waals surface area contributed by atoms with Gasteiger partial charge in [0.2, 0.25) is 5.89 Å². The normalized spacial score (nSPS) is 19.3. The molecule has 4 rings (SSSR count). The first-order valence-electron chi connectivity index (χ1n) is 9.40. The summed E-state index contributed by atoms with van der Waals surface area (Å²) in [6.07, 6.45) is 2.66. The number of hydrogen-bond acceptors (Lipinski definition) is 6. The van der Waals surface area contributed by atoms with Crippen LogP contribution in [0.3, 0.4) is 0 Å². The Morgan fingerprint density at radius 3 is 2.90 bits per heavy atom. The Labute approximate surface area is 173 Å². The predicted molar refractivity (Wildman–Crippen MR) is 106 cm³/mol. The Balaban J connectivity index is 1.49. The van der Waals surface area contributed by atoms with E-state index in [-0.39, 0.29) is 18.1 Å². The number of amides is 1. The summed E-state index contributed by atoms with van der Waals surface area (Å²) in [5, 5.41) is 8.89. The molecule has 0 aliphatic carbocycles. The fraction of sp³-hybridized carbons (Fsp3) is 0.400. The molecule has 0 spiro atoms. The molecule has 1 amide bonds. The molecule has 1 aliphatic rings. The van der Waals surface area contributed by atoms with Gasteiger partial charge in [0.25, 0.3) is 11.8 Å². The van der Waals surface area contributed by atoms with E-state index in [9.17, 15) is 4.79 Å². The van der Waals surface area contributed by atoms with E-state index in [4.69, 9.17) is 20.8 Å². The molecular weight excluding hydrogens is 394 g/mol. The first kappa shape index (κ1) is 19.6. The van der Waals surface area contributed by atoms with Crippen LogP contribution in [0, 0.1) is 6.92 Å². The van der Waals surface area contributed by atoms with Gasteiger partial charge < -0.3 is 18.6 Å². The van der Waals surface area contributed by atoms with Crippen molar-refractivity contribution in [2.45, 2.75) is 31.9 Å². The van der Waals surface area contributed by atoms with E-state index < -0.39 is 0 Å². The van der Waals surface area contributed by atoms with Crippen LogP contribution < -0.4 is 0 Å². The number of carbonyl (C=O) groups excluding carboxylic acids is 1. The van der Waals surface area contributed by atoms with E-state index in [0.29, 0.717) is 35.4 Å². The summed E-state index contributed by atoms with van der Waals surface area (Å²) < 4.78 is 13.6. The third-order valence-corrected chi connectivity index (χ3v) is 5.47. The Hall–Kier alpha value is -2.71. The monoisotopic (exact) mass is 415 g/mol. The second-order valence-electron chi connectivity index (χ2n) is 7.20. The lowest BCUT2D eigenvalue weighted by molar-refractivity contribution is -0.0322. The van der Waals surface area contributed by atoms with Crippen LogP contribution in [0.2, 0.25) is 5.02 Å². The topological polar surface area (TPSA) is 86.3 Å². The molecule has 1 aromatic carbocycles. The summed E-state index contributed by atoms with van der Waals surface area (Å²) in [7, 11) is 3.68. The van der Waals surface area contributed by atoms with E-state index in [0.717, 1.165) is 17.8 Å². The van der Waals surface area contributed by atoms with Gasteiger partial charge in [-0.3, -0.25) is 4.79 Å². The van der Waals surface area contributed by atoms with Crippen LogP contribution in [-0.2, 0) is 11.8 Å². The molecule has 0 radical (unpaired) electrons. The van der Waals surface area contributed by atoms with Crippen LogP contribution in [0.4, 0.5) is 0 Å². The van der Waals surface area contributed by atoms with Gasteiger partial charge in [0.05, 0.1) is 12.0 Å². The lowest BCUT2D eigenvalue weighted by Crippen LogP contribution is -2.41. The molecule has 29 heavy (non-hydrogen) atoms. The summed E-state index contributed by atoms with van der Waals surface area (Å²) in [6, 6.07) is 6.96. The van der Waals surface area contributed by atoms with Crippen molar-refractivity contribution < 1.29 is 13.9 Å². The highest BCUT2D eigenvalue weighted by atomic mass is 35.5. The molecule has 3 aromatic rings. The molecule has 0 saturated carbocycles. The second kappa shape index (κ2) is 7.96. The van der Waals surface area contributed by atoms with Crippen LogP contribution in [0.15, 0.2) is 35.0 Å². The SMILES string of the molecule is Cc1ncn(C)c1-c1nnc([C@@H]2C[C@H](N(C)C(=O)c3cccc(Cl)c3)CCO2)o1. The molecule has 0 unspecified atom stereocenters. The molecular formula is C20H22ClN5O3. The van der Waals surface area contributed by atoms with Gasteiger partial charge >= 0.3 is 0 Å². The molecule has 1 fully saturated rings. The minimum absolute atomic E-state index is 0.00554. The van der Waals surface area contributed by atoms with Gasteiger partial charge in [0, 0.05) is 43.8 Å². The van der Waals surface area contributed by atoms with Gasteiger partial charge in [-0.25, -0.2) is 4.98 Å². The van der Waals surface area contributed by atoms with Crippen LogP contribution in [-0.4, -0.2) is 50.3 Å². The standard InChI is InChI=1S/C20H22ClN5O3/c1-12-17(25(2)11-22-12)19-24-23-18(29-19)16-10-15(7-8-28-16)26(3)20(27)13-5-4-6-14(21)9-13/h4-6,9,11,15-16H,7-8,10H2,1-3H3/t15-,16+/m1/s1. The number of imidazole rings is 1. The van der Waals surface area contributed by atoms with Crippen molar-refractivity contribution in [2.75, 3.05) is 13.7 Å². The highest BCUT2D eigenvalue weighted by Crippen LogP contribution is 2.32. The molecule has 1 aliphatic heterocycles. The molecule has 0 N–H and O–H groups in total. The fourth-order valence-corrected chi connectivity index (χ4v) is 3.80. The molecule has 152 valence electrons. The predicted octanol–water partition coefficient (Wildman–Crippen LogP) is 3.42. The van der Waals surface area contributed by atoms with Crippen LogP contribution in [0.1, 0.15) is 40.9 Å². The average molecular weight is 416 g/mol. The minimum atomic E-state index is -0.363. The number of aromatic nitrogens is 4. The van der Waals surface area contributed by atoms with Crippen LogP contribution in [0.25, 0.3) is 11.6 Å².